The summed E-state index contributed by atoms with van der Waals surface area (Å²) in [5.74, 6) is -0.110. The molecule has 1 heterocycles. The second kappa shape index (κ2) is 11.7. The predicted molar refractivity (Wildman–Crippen MR) is 148 cm³/mol. The Morgan fingerprint density at radius 2 is 1.54 bits per heavy atom. The average Bonchev–Trinajstić information content (AvgIpc) is 2.76. The molecular weight excluding hydrogens is 642 g/mol. The van der Waals surface area contributed by atoms with Crippen molar-refractivity contribution in [3.8, 4) is 11.3 Å². The number of rotatable bonds is 2. The van der Waals surface area contributed by atoms with Crippen LogP contribution >= 0.6 is 0 Å². The van der Waals surface area contributed by atoms with Gasteiger partial charge < -0.3 is 10.1 Å². The molecule has 0 atom stereocenters. The molecule has 0 fully saturated rings. The van der Waals surface area contributed by atoms with Gasteiger partial charge in [-0.25, -0.2) is 4.39 Å². The summed E-state index contributed by atoms with van der Waals surface area (Å²) in [6.07, 6.45) is 3.14. The molecule has 0 spiro atoms. The van der Waals surface area contributed by atoms with Crippen molar-refractivity contribution in [1.82, 2.24) is 4.98 Å². The van der Waals surface area contributed by atoms with Crippen molar-refractivity contribution in [3.05, 3.63) is 89.6 Å². The number of aromatic nitrogens is 1. The van der Waals surface area contributed by atoms with E-state index in [1.165, 1.54) is 17.7 Å². The molecule has 0 bridgehead atoms. The molecule has 0 aliphatic heterocycles. The van der Waals surface area contributed by atoms with E-state index in [1.54, 1.807) is 6.07 Å². The molecule has 4 rings (SSSR count). The van der Waals surface area contributed by atoms with E-state index in [0.29, 0.717) is 0 Å². The first-order valence-corrected chi connectivity index (χ1v) is 12.1. The molecule has 3 aromatic carbocycles. The molecule has 0 aliphatic carbocycles. The Labute approximate surface area is 233 Å². The van der Waals surface area contributed by atoms with Crippen LogP contribution in [-0.2, 0) is 24.9 Å². The van der Waals surface area contributed by atoms with Crippen LogP contribution in [0.25, 0.3) is 32.8 Å². The van der Waals surface area contributed by atoms with E-state index in [-0.39, 0.29) is 42.9 Å². The Morgan fingerprint density at radius 1 is 0.892 bits per heavy atom. The molecule has 1 radical (unpaired) electrons. The number of aliphatic hydroxyl groups excluding tert-OH is 1. The fourth-order valence-corrected chi connectivity index (χ4v) is 3.76. The second-order valence-corrected chi connectivity index (χ2v) is 11.3. The molecule has 0 amide bonds. The number of benzene rings is 3. The molecule has 0 saturated heterocycles. The van der Waals surface area contributed by atoms with Gasteiger partial charge in [0, 0.05) is 43.2 Å². The number of carbonyl (C=O) groups is 1. The van der Waals surface area contributed by atoms with Crippen molar-refractivity contribution in [2.24, 2.45) is 10.8 Å². The fraction of sp³-hybridized carbons (Fsp3) is 0.312. The minimum Gasteiger partial charge on any atom is -0.512 e. The number of carbonyl (C=O) groups excluding carboxylic acids is 1. The van der Waals surface area contributed by atoms with E-state index in [2.05, 4.69) is 30.1 Å². The largest absolute Gasteiger partial charge is 0.512 e. The Kier molecular flexibility index (Phi) is 9.57. The number of pyridine rings is 1. The molecule has 3 nitrogen and oxygen atoms in total. The number of halogens is 1. The van der Waals surface area contributed by atoms with Gasteiger partial charge in [0.15, 0.2) is 5.78 Å². The summed E-state index contributed by atoms with van der Waals surface area (Å²) in [6.45, 7) is 15.2. The maximum Gasteiger partial charge on any atom is 0.164 e. The number of fused-ring (bicyclic) bond motifs is 3. The second-order valence-electron chi connectivity index (χ2n) is 11.3. The molecule has 1 aromatic heterocycles. The molecule has 37 heavy (non-hydrogen) atoms. The van der Waals surface area contributed by atoms with Gasteiger partial charge in [0.25, 0.3) is 0 Å². The van der Waals surface area contributed by atoms with Crippen LogP contribution < -0.4 is 0 Å². The van der Waals surface area contributed by atoms with E-state index in [0.717, 1.165) is 38.4 Å². The molecule has 0 unspecified atom stereocenters. The number of nitrogens with zero attached hydrogens (tertiary/aromatic N) is 1. The first kappa shape index (κ1) is 30.3. The zero-order valence-corrected chi connectivity index (χ0v) is 25.2. The molecule has 4 aromatic rings. The fourth-order valence-electron chi connectivity index (χ4n) is 3.76. The topological polar surface area (TPSA) is 50.2 Å². The predicted octanol–water partition coefficient (Wildman–Crippen LogP) is 8.70. The minimum atomic E-state index is -0.417. The van der Waals surface area contributed by atoms with Crippen LogP contribution in [0.2, 0.25) is 0 Å². The van der Waals surface area contributed by atoms with E-state index in [4.69, 9.17) is 0 Å². The van der Waals surface area contributed by atoms with Gasteiger partial charge in [-0.2, -0.15) is 0 Å². The van der Waals surface area contributed by atoms with E-state index in [9.17, 15) is 14.3 Å². The monoisotopic (exact) mass is 677 g/mol. The third-order valence-electron chi connectivity index (χ3n) is 5.90. The molecule has 0 saturated carbocycles. The van der Waals surface area contributed by atoms with Gasteiger partial charge in [-0.05, 0) is 45.4 Å². The molecule has 0 aliphatic rings. The standard InChI is InChI=1S/C21H15FN.C11H20O2.Ir/c1-13-9-14(2)11-16(10-13)21-20-5-3-15-12-17(22)4-6-18(15)19(20)7-8-23-21;1-10(2,3)8(12)7-9(13)11(4,5)6;/h3-10,12H,1-2H3;7,12H,1-6H3;/q-1;;/b;8-7-;. The zero-order valence-electron chi connectivity index (χ0n) is 22.8. The number of allylic oxidation sites excluding steroid dienone is 2. The molecule has 5 heteroatoms. The number of ketones is 1. The van der Waals surface area contributed by atoms with Crippen LogP contribution in [0.5, 0.6) is 0 Å². The molecule has 1 N–H and O–H groups in total. The van der Waals surface area contributed by atoms with Gasteiger partial charge in [-0.1, -0.05) is 73.6 Å². The normalized spacial score (nSPS) is 12.1. The summed E-state index contributed by atoms with van der Waals surface area (Å²) in [5.41, 5.74) is 3.44. The smallest absolute Gasteiger partial charge is 0.164 e. The van der Waals surface area contributed by atoms with Crippen LogP contribution in [0.3, 0.4) is 0 Å². The van der Waals surface area contributed by atoms with Crippen LogP contribution in [0.4, 0.5) is 4.39 Å². The Hall–Kier alpha value is -2.88. The SMILES string of the molecule is CC(C)(C)C(=O)/C=C(\O)C(C)(C)C.Cc1[c-]c(-c2nccc3c2ccc2cc(F)ccc23)cc(C)c1.[Ir]. The average molecular weight is 677 g/mol. The summed E-state index contributed by atoms with van der Waals surface area (Å²) in [5, 5.41) is 13.6. The number of aliphatic hydroxyl groups is 1. The molecular formula is C32H35FIrNO2-. The maximum atomic E-state index is 13.5. The number of hydrogen-bond donors (Lipinski definition) is 1. The van der Waals surface area contributed by atoms with Crippen LogP contribution in [0, 0.1) is 36.6 Å². The first-order chi connectivity index (χ1) is 16.7. The Balaban J connectivity index is 0.000000299. The first-order valence-electron chi connectivity index (χ1n) is 12.1. The van der Waals surface area contributed by atoms with Crippen molar-refractivity contribution < 1.29 is 34.4 Å². The van der Waals surface area contributed by atoms with Crippen molar-refractivity contribution in [2.45, 2.75) is 55.4 Å². The summed E-state index contributed by atoms with van der Waals surface area (Å²) in [7, 11) is 0. The van der Waals surface area contributed by atoms with E-state index < -0.39 is 5.41 Å². The summed E-state index contributed by atoms with van der Waals surface area (Å²) < 4.78 is 13.5. The van der Waals surface area contributed by atoms with Crippen LogP contribution in [0.15, 0.2) is 66.6 Å². The minimum absolute atomic E-state index is 0. The van der Waals surface area contributed by atoms with Crippen LogP contribution in [0.1, 0.15) is 52.7 Å². The van der Waals surface area contributed by atoms with Crippen molar-refractivity contribution in [3.63, 3.8) is 0 Å². The quantitative estimate of drug-likeness (QED) is 0.100. The van der Waals surface area contributed by atoms with Gasteiger partial charge in [0.2, 0.25) is 0 Å². The van der Waals surface area contributed by atoms with E-state index >= 15 is 0 Å². The molecule has 197 valence electrons. The third kappa shape index (κ3) is 7.56. The van der Waals surface area contributed by atoms with Gasteiger partial charge in [0.05, 0.1) is 0 Å². The van der Waals surface area contributed by atoms with Crippen molar-refractivity contribution >= 4 is 27.3 Å². The van der Waals surface area contributed by atoms with Crippen LogP contribution in [-0.4, -0.2) is 15.9 Å². The summed E-state index contributed by atoms with van der Waals surface area (Å²) >= 11 is 0. The summed E-state index contributed by atoms with van der Waals surface area (Å²) in [4.78, 5) is 16.1. The van der Waals surface area contributed by atoms with Gasteiger partial charge in [0.1, 0.15) is 11.6 Å². The zero-order chi connectivity index (χ0) is 26.8. The van der Waals surface area contributed by atoms with Crippen molar-refractivity contribution in [2.75, 3.05) is 0 Å². The van der Waals surface area contributed by atoms with E-state index in [1.807, 2.05) is 78.9 Å². The number of aryl methyl sites for hydroxylation is 2. The number of hydrogen-bond acceptors (Lipinski definition) is 3. The van der Waals surface area contributed by atoms with Crippen molar-refractivity contribution in [1.29, 1.82) is 0 Å². The van der Waals surface area contributed by atoms with Gasteiger partial charge in [-0.15, -0.1) is 34.9 Å². The third-order valence-corrected chi connectivity index (χ3v) is 5.90. The van der Waals surface area contributed by atoms with Gasteiger partial charge >= 0.3 is 0 Å². The summed E-state index contributed by atoms with van der Waals surface area (Å²) in [6, 6.07) is 18.5. The maximum absolute atomic E-state index is 13.5. The Bertz CT molecular complexity index is 1440. The van der Waals surface area contributed by atoms with Gasteiger partial charge in [-0.3, -0.25) is 4.79 Å². The Morgan fingerprint density at radius 3 is 2.14 bits per heavy atom.